The van der Waals surface area contributed by atoms with Crippen LogP contribution in [-0.4, -0.2) is 26.6 Å². The van der Waals surface area contributed by atoms with E-state index in [-0.39, 0.29) is 29.2 Å². The molecule has 0 radical (unpaired) electrons. The lowest BCUT2D eigenvalue weighted by atomic mass is 9.78. The van der Waals surface area contributed by atoms with E-state index in [0.717, 1.165) is 19.3 Å². The minimum absolute atomic E-state index is 0.0527. The van der Waals surface area contributed by atoms with E-state index < -0.39 is 11.1 Å². The monoisotopic (exact) mass is 309 g/mol. The van der Waals surface area contributed by atoms with Gasteiger partial charge >= 0.3 is 5.97 Å². The first-order valence-corrected chi connectivity index (χ1v) is 8.52. The van der Waals surface area contributed by atoms with Crippen LogP contribution in [0.3, 0.4) is 0 Å². The van der Waals surface area contributed by atoms with E-state index in [2.05, 4.69) is 13.8 Å². The zero-order chi connectivity index (χ0) is 15.5. The van der Waals surface area contributed by atoms with Gasteiger partial charge < -0.3 is 9.29 Å². The van der Waals surface area contributed by atoms with Crippen LogP contribution in [0.15, 0.2) is 30.3 Å². The molecule has 5 heteroatoms. The van der Waals surface area contributed by atoms with Gasteiger partial charge in [0.2, 0.25) is 0 Å². The fourth-order valence-electron chi connectivity index (χ4n) is 3.12. The molecule has 4 nitrogen and oxygen atoms in total. The van der Waals surface area contributed by atoms with Crippen LogP contribution < -0.4 is 0 Å². The summed E-state index contributed by atoms with van der Waals surface area (Å²) in [6.07, 6.45) is 2.18. The summed E-state index contributed by atoms with van der Waals surface area (Å²) in [7, 11) is 0. The second-order valence-corrected chi connectivity index (χ2v) is 6.87. The maximum atomic E-state index is 12.2. The number of hydrogen-bond donors (Lipinski definition) is 0. The van der Waals surface area contributed by atoms with Crippen molar-refractivity contribution in [2.24, 2.45) is 11.3 Å². The Morgan fingerprint density at radius 2 is 2.10 bits per heavy atom. The number of carbonyl (C=O) groups is 1. The Hall–Kier alpha value is -1.20. The van der Waals surface area contributed by atoms with E-state index >= 15 is 0 Å². The summed E-state index contributed by atoms with van der Waals surface area (Å²) >= 11 is -2.12. The SMILES string of the molecule is CCC1(C)CCC(OC(=O)c2ccccc2)C1CS(=O)[O-]. The van der Waals surface area contributed by atoms with E-state index in [4.69, 9.17) is 4.74 Å². The molecular formula is C16H21O4S-. The molecule has 0 N–H and O–H groups in total. The largest absolute Gasteiger partial charge is 0.772 e. The van der Waals surface area contributed by atoms with Crippen molar-refractivity contribution in [2.75, 3.05) is 5.75 Å². The first kappa shape index (κ1) is 16.2. The van der Waals surface area contributed by atoms with Crippen LogP contribution in [0.4, 0.5) is 0 Å². The maximum Gasteiger partial charge on any atom is 0.338 e. The standard InChI is InChI=1S/C16H22O4S/c1-3-16(2)10-9-14(13(16)11-21(18)19)20-15(17)12-7-5-4-6-8-12/h4-8,13-14H,3,9-11H2,1-2H3,(H,18,19)/p-1. The highest BCUT2D eigenvalue weighted by atomic mass is 32.2. The fraction of sp³-hybridized carbons (Fsp3) is 0.562. The Kier molecular flexibility index (Phi) is 5.17. The molecule has 0 amide bonds. The molecule has 0 spiro atoms. The van der Waals surface area contributed by atoms with Crippen LogP contribution in [0.1, 0.15) is 43.5 Å². The Morgan fingerprint density at radius 1 is 1.43 bits per heavy atom. The second kappa shape index (κ2) is 6.71. The first-order valence-electron chi connectivity index (χ1n) is 7.28. The topological polar surface area (TPSA) is 66.4 Å². The Bertz CT molecular complexity index is 516. The number of rotatable bonds is 5. The van der Waals surface area contributed by atoms with Gasteiger partial charge in [0.25, 0.3) is 0 Å². The fourth-order valence-corrected chi connectivity index (χ4v) is 4.03. The molecule has 21 heavy (non-hydrogen) atoms. The lowest BCUT2D eigenvalue weighted by Gasteiger charge is -2.33. The summed E-state index contributed by atoms with van der Waals surface area (Å²) in [5.74, 6) is -0.451. The van der Waals surface area contributed by atoms with Crippen molar-refractivity contribution in [2.45, 2.75) is 39.2 Å². The average molecular weight is 309 g/mol. The maximum absolute atomic E-state index is 12.2. The van der Waals surface area contributed by atoms with Crippen LogP contribution in [-0.2, 0) is 15.8 Å². The molecule has 0 aromatic heterocycles. The number of carbonyl (C=O) groups excluding carboxylic acids is 1. The zero-order valence-electron chi connectivity index (χ0n) is 12.4. The van der Waals surface area contributed by atoms with Gasteiger partial charge in [-0.3, -0.25) is 4.21 Å². The molecule has 0 heterocycles. The molecule has 2 rings (SSSR count). The molecule has 116 valence electrons. The van der Waals surface area contributed by atoms with Gasteiger partial charge in [-0.25, -0.2) is 4.79 Å². The summed E-state index contributed by atoms with van der Waals surface area (Å²) in [4.78, 5) is 12.2. The molecule has 0 bridgehead atoms. The highest BCUT2D eigenvalue weighted by Crippen LogP contribution is 2.47. The summed E-state index contributed by atoms with van der Waals surface area (Å²) in [5, 5.41) is 0. The first-order chi connectivity index (χ1) is 9.96. The number of ether oxygens (including phenoxy) is 1. The molecule has 1 fully saturated rings. The molecule has 4 atom stereocenters. The number of esters is 1. The smallest absolute Gasteiger partial charge is 0.338 e. The highest BCUT2D eigenvalue weighted by Gasteiger charge is 2.45. The molecule has 1 aliphatic rings. The number of benzene rings is 1. The van der Waals surface area contributed by atoms with E-state index in [1.54, 1.807) is 24.3 Å². The van der Waals surface area contributed by atoms with Crippen LogP contribution in [0.25, 0.3) is 0 Å². The Morgan fingerprint density at radius 3 is 2.67 bits per heavy atom. The van der Waals surface area contributed by atoms with Crippen molar-refractivity contribution >= 4 is 17.0 Å². The van der Waals surface area contributed by atoms with Crippen LogP contribution in [0.5, 0.6) is 0 Å². The summed E-state index contributed by atoms with van der Waals surface area (Å²) in [6.45, 7) is 4.14. The predicted octanol–water partition coefficient (Wildman–Crippen LogP) is 2.92. The van der Waals surface area contributed by atoms with Crippen LogP contribution in [0.2, 0.25) is 0 Å². The minimum Gasteiger partial charge on any atom is -0.772 e. The van der Waals surface area contributed by atoms with E-state index in [0.29, 0.717) is 5.56 Å². The lowest BCUT2D eigenvalue weighted by Crippen LogP contribution is -2.34. The Balaban J connectivity index is 2.11. The van der Waals surface area contributed by atoms with Crippen molar-refractivity contribution in [3.05, 3.63) is 35.9 Å². The zero-order valence-corrected chi connectivity index (χ0v) is 13.2. The van der Waals surface area contributed by atoms with Gasteiger partial charge in [-0.2, -0.15) is 0 Å². The minimum atomic E-state index is -2.12. The molecule has 1 aromatic carbocycles. The van der Waals surface area contributed by atoms with E-state index in [1.165, 1.54) is 0 Å². The predicted molar refractivity (Wildman–Crippen MR) is 80.6 cm³/mol. The molecule has 0 aliphatic heterocycles. The van der Waals surface area contributed by atoms with Crippen molar-refractivity contribution in [1.29, 1.82) is 0 Å². The quantitative estimate of drug-likeness (QED) is 0.619. The third kappa shape index (κ3) is 3.71. The van der Waals surface area contributed by atoms with Gasteiger partial charge in [0.15, 0.2) is 0 Å². The lowest BCUT2D eigenvalue weighted by molar-refractivity contribution is 0.0144. The van der Waals surface area contributed by atoms with Gasteiger partial charge in [-0.05, 0) is 30.4 Å². The normalized spacial score (nSPS) is 30.0. The summed E-state index contributed by atoms with van der Waals surface area (Å²) in [5.41, 5.74) is 0.423. The highest BCUT2D eigenvalue weighted by molar-refractivity contribution is 7.79. The second-order valence-electron chi connectivity index (χ2n) is 5.93. The van der Waals surface area contributed by atoms with Gasteiger partial charge in [-0.1, -0.05) is 49.5 Å². The van der Waals surface area contributed by atoms with Crippen molar-refractivity contribution in [3.63, 3.8) is 0 Å². The summed E-state index contributed by atoms with van der Waals surface area (Å²) < 4.78 is 27.8. The average Bonchev–Trinajstić information content (AvgIpc) is 2.77. The molecule has 0 saturated heterocycles. The van der Waals surface area contributed by atoms with Gasteiger partial charge in [0.1, 0.15) is 6.10 Å². The molecule has 1 saturated carbocycles. The van der Waals surface area contributed by atoms with Crippen molar-refractivity contribution in [3.8, 4) is 0 Å². The van der Waals surface area contributed by atoms with Crippen molar-refractivity contribution in [1.82, 2.24) is 0 Å². The van der Waals surface area contributed by atoms with Gasteiger partial charge in [0.05, 0.1) is 5.56 Å². The Labute approximate surface area is 128 Å². The molecule has 1 aromatic rings. The molecule has 1 aliphatic carbocycles. The van der Waals surface area contributed by atoms with Gasteiger partial charge in [0, 0.05) is 11.7 Å². The molecular weight excluding hydrogens is 288 g/mol. The van der Waals surface area contributed by atoms with Crippen LogP contribution in [0, 0.1) is 11.3 Å². The van der Waals surface area contributed by atoms with E-state index in [1.807, 2.05) is 6.07 Å². The number of hydrogen-bond acceptors (Lipinski definition) is 4. The van der Waals surface area contributed by atoms with Crippen molar-refractivity contribution < 1.29 is 18.3 Å². The van der Waals surface area contributed by atoms with E-state index in [9.17, 15) is 13.6 Å². The third-order valence-corrected chi connectivity index (χ3v) is 5.37. The third-order valence-electron chi connectivity index (χ3n) is 4.74. The molecule has 4 unspecified atom stereocenters. The summed E-state index contributed by atoms with van der Waals surface area (Å²) in [6, 6.07) is 8.81. The van der Waals surface area contributed by atoms with Gasteiger partial charge in [-0.15, -0.1) is 0 Å². The van der Waals surface area contributed by atoms with Crippen LogP contribution >= 0.6 is 0 Å².